The average Bonchev–Trinajstić information content (AvgIpc) is 2.77. The zero-order chi connectivity index (χ0) is 11.8. The molecule has 1 rings (SSSR count). The van der Waals surface area contributed by atoms with E-state index in [4.69, 9.17) is 0 Å². The second-order valence-electron chi connectivity index (χ2n) is 4.03. The van der Waals surface area contributed by atoms with E-state index in [1.54, 1.807) is 0 Å². The third-order valence-corrected chi connectivity index (χ3v) is 2.54. The highest BCUT2D eigenvalue weighted by atomic mass is 16.2. The van der Waals surface area contributed by atoms with Crippen LogP contribution in [0.2, 0.25) is 0 Å². The summed E-state index contributed by atoms with van der Waals surface area (Å²) in [6, 6.07) is 3.98. The predicted molar refractivity (Wildman–Crippen MR) is 64.6 cm³/mol. The van der Waals surface area contributed by atoms with Gasteiger partial charge in [-0.2, -0.15) is 0 Å². The van der Waals surface area contributed by atoms with Crippen LogP contribution in [-0.4, -0.2) is 17.0 Å². The summed E-state index contributed by atoms with van der Waals surface area (Å²) in [6.45, 7) is 5.63. The van der Waals surface area contributed by atoms with Gasteiger partial charge in [-0.1, -0.05) is 20.3 Å². The van der Waals surface area contributed by atoms with Gasteiger partial charge in [0.25, 0.3) is 0 Å². The third-order valence-electron chi connectivity index (χ3n) is 2.54. The summed E-state index contributed by atoms with van der Waals surface area (Å²) >= 11 is 0. The molecule has 0 saturated heterocycles. The van der Waals surface area contributed by atoms with Crippen molar-refractivity contribution in [2.45, 2.75) is 33.2 Å². The van der Waals surface area contributed by atoms with Crippen LogP contribution in [0.5, 0.6) is 0 Å². The molecule has 1 amide bonds. The maximum atomic E-state index is 11.5. The first-order chi connectivity index (χ1) is 7.74. The number of hydrogen-bond donors (Lipinski definition) is 2. The number of aromatic nitrogens is 1. The smallest absolute Gasteiger partial charge is 0.236 e. The van der Waals surface area contributed by atoms with E-state index in [0.29, 0.717) is 0 Å². The Morgan fingerprint density at radius 3 is 2.69 bits per heavy atom. The first-order valence-electron chi connectivity index (χ1n) is 5.87. The van der Waals surface area contributed by atoms with E-state index >= 15 is 0 Å². The molecule has 1 heterocycles. The third kappa shape index (κ3) is 4.49. The van der Waals surface area contributed by atoms with Crippen LogP contribution in [0.1, 0.15) is 26.7 Å². The lowest BCUT2D eigenvalue weighted by Gasteiger charge is -2.12. The van der Waals surface area contributed by atoms with Crippen LogP contribution >= 0.6 is 0 Å². The van der Waals surface area contributed by atoms with Crippen LogP contribution in [0, 0.1) is 5.92 Å². The van der Waals surface area contributed by atoms with Gasteiger partial charge in [0.2, 0.25) is 5.91 Å². The average molecular weight is 223 g/mol. The standard InChI is InChI=1S/C12H21N3O/c1-3-6-11(2)12(16)14-13-7-10-15-8-4-5-9-15/h4-5,8-9,11,13H,3,6-7,10H2,1-2H3,(H,14,16). The highest BCUT2D eigenvalue weighted by molar-refractivity contribution is 5.77. The fourth-order valence-corrected chi connectivity index (χ4v) is 1.54. The Kier molecular flexibility index (Phi) is 5.64. The molecule has 0 aliphatic rings. The van der Waals surface area contributed by atoms with Crippen molar-refractivity contribution < 1.29 is 4.79 Å². The lowest BCUT2D eigenvalue weighted by atomic mass is 10.1. The molecular formula is C12H21N3O. The first kappa shape index (κ1) is 12.8. The Morgan fingerprint density at radius 2 is 2.06 bits per heavy atom. The van der Waals surface area contributed by atoms with Gasteiger partial charge in [-0.05, 0) is 18.6 Å². The minimum Gasteiger partial charge on any atom is -0.353 e. The monoisotopic (exact) mass is 223 g/mol. The zero-order valence-electron chi connectivity index (χ0n) is 10.1. The Labute approximate surface area is 97.0 Å². The molecule has 0 aliphatic carbocycles. The van der Waals surface area contributed by atoms with Crippen molar-refractivity contribution in [2.24, 2.45) is 5.92 Å². The molecule has 0 spiro atoms. The van der Waals surface area contributed by atoms with Gasteiger partial charge in [0.1, 0.15) is 0 Å². The number of hydrazine groups is 1. The molecule has 16 heavy (non-hydrogen) atoms. The molecule has 90 valence electrons. The minimum absolute atomic E-state index is 0.0781. The Bertz CT molecular complexity index is 295. The van der Waals surface area contributed by atoms with Gasteiger partial charge < -0.3 is 4.57 Å². The zero-order valence-corrected chi connectivity index (χ0v) is 10.1. The molecule has 0 aromatic carbocycles. The van der Waals surface area contributed by atoms with Gasteiger partial charge in [-0.3, -0.25) is 10.2 Å². The largest absolute Gasteiger partial charge is 0.353 e. The van der Waals surface area contributed by atoms with E-state index in [2.05, 4.69) is 22.3 Å². The molecule has 1 unspecified atom stereocenters. The van der Waals surface area contributed by atoms with E-state index in [1.165, 1.54) is 0 Å². The number of rotatable bonds is 7. The molecule has 2 N–H and O–H groups in total. The van der Waals surface area contributed by atoms with Crippen LogP contribution in [0.4, 0.5) is 0 Å². The summed E-state index contributed by atoms with van der Waals surface area (Å²) in [5.74, 6) is 0.165. The van der Waals surface area contributed by atoms with Crippen molar-refractivity contribution in [1.82, 2.24) is 15.4 Å². The summed E-state index contributed by atoms with van der Waals surface area (Å²) in [5, 5.41) is 0. The second kappa shape index (κ2) is 7.06. The van der Waals surface area contributed by atoms with E-state index < -0.39 is 0 Å². The highest BCUT2D eigenvalue weighted by Crippen LogP contribution is 2.03. The highest BCUT2D eigenvalue weighted by Gasteiger charge is 2.10. The summed E-state index contributed by atoms with van der Waals surface area (Å²) in [4.78, 5) is 11.5. The molecular weight excluding hydrogens is 202 g/mol. The van der Waals surface area contributed by atoms with Crippen LogP contribution in [0.3, 0.4) is 0 Å². The van der Waals surface area contributed by atoms with Crippen molar-refractivity contribution in [3.8, 4) is 0 Å². The summed E-state index contributed by atoms with van der Waals surface area (Å²) in [7, 11) is 0. The summed E-state index contributed by atoms with van der Waals surface area (Å²) in [6.07, 6.45) is 5.98. The first-order valence-corrected chi connectivity index (χ1v) is 5.87. The number of hydrogen-bond acceptors (Lipinski definition) is 2. The van der Waals surface area contributed by atoms with Crippen LogP contribution in [-0.2, 0) is 11.3 Å². The van der Waals surface area contributed by atoms with Crippen molar-refractivity contribution in [3.63, 3.8) is 0 Å². The van der Waals surface area contributed by atoms with E-state index in [9.17, 15) is 4.79 Å². The molecule has 4 nitrogen and oxygen atoms in total. The number of nitrogens with zero attached hydrogens (tertiary/aromatic N) is 1. The lowest BCUT2D eigenvalue weighted by Crippen LogP contribution is -2.41. The molecule has 1 atom stereocenters. The molecule has 1 aromatic rings. The maximum absolute atomic E-state index is 11.5. The SMILES string of the molecule is CCCC(C)C(=O)NNCCn1cccc1. The van der Waals surface area contributed by atoms with Crippen molar-refractivity contribution >= 4 is 5.91 Å². The number of carbonyl (C=O) groups excluding carboxylic acids is 1. The Hall–Kier alpha value is -1.29. The Balaban J connectivity index is 2.08. The molecule has 4 heteroatoms. The van der Waals surface area contributed by atoms with Gasteiger partial charge in [0, 0.05) is 31.4 Å². The maximum Gasteiger partial charge on any atom is 0.236 e. The summed E-state index contributed by atoms with van der Waals surface area (Å²) < 4.78 is 2.06. The lowest BCUT2D eigenvalue weighted by molar-refractivity contribution is -0.125. The quantitative estimate of drug-likeness (QED) is 0.544. The molecule has 1 aromatic heterocycles. The molecule has 0 radical (unpaired) electrons. The minimum atomic E-state index is 0.0781. The summed E-state index contributed by atoms with van der Waals surface area (Å²) in [5.41, 5.74) is 5.67. The van der Waals surface area contributed by atoms with E-state index in [-0.39, 0.29) is 11.8 Å². The molecule has 0 saturated carbocycles. The number of amides is 1. The fourth-order valence-electron chi connectivity index (χ4n) is 1.54. The van der Waals surface area contributed by atoms with E-state index in [1.807, 2.05) is 31.5 Å². The van der Waals surface area contributed by atoms with Gasteiger partial charge in [0.05, 0.1) is 0 Å². The topological polar surface area (TPSA) is 46.1 Å². The van der Waals surface area contributed by atoms with Crippen LogP contribution < -0.4 is 10.9 Å². The van der Waals surface area contributed by atoms with Gasteiger partial charge in [-0.25, -0.2) is 5.43 Å². The van der Waals surface area contributed by atoms with Gasteiger partial charge >= 0.3 is 0 Å². The van der Waals surface area contributed by atoms with Gasteiger partial charge in [-0.15, -0.1) is 0 Å². The Morgan fingerprint density at radius 1 is 1.38 bits per heavy atom. The molecule has 0 bridgehead atoms. The normalized spacial score (nSPS) is 12.4. The van der Waals surface area contributed by atoms with Crippen LogP contribution in [0.25, 0.3) is 0 Å². The predicted octanol–water partition coefficient (Wildman–Crippen LogP) is 1.55. The van der Waals surface area contributed by atoms with Crippen molar-refractivity contribution in [1.29, 1.82) is 0 Å². The number of carbonyl (C=O) groups is 1. The van der Waals surface area contributed by atoms with Crippen molar-refractivity contribution in [2.75, 3.05) is 6.54 Å². The molecule has 0 aliphatic heterocycles. The molecule has 0 fully saturated rings. The van der Waals surface area contributed by atoms with E-state index in [0.717, 1.165) is 25.9 Å². The van der Waals surface area contributed by atoms with Crippen LogP contribution in [0.15, 0.2) is 24.5 Å². The van der Waals surface area contributed by atoms with Crippen molar-refractivity contribution in [3.05, 3.63) is 24.5 Å². The number of nitrogens with one attached hydrogen (secondary N) is 2. The second-order valence-corrected chi connectivity index (χ2v) is 4.03. The van der Waals surface area contributed by atoms with Gasteiger partial charge in [0.15, 0.2) is 0 Å². The fraction of sp³-hybridized carbons (Fsp3) is 0.583.